The number of sulfonamides is 1. The Kier molecular flexibility index (Phi) is 6.30. The number of carbonyl (C=O) groups excluding carboxylic acids is 1. The molecule has 1 aromatic rings. The van der Waals surface area contributed by atoms with Crippen LogP contribution in [0.3, 0.4) is 0 Å². The number of nitrogens with zero attached hydrogens (tertiary/aromatic N) is 1. The first-order valence-electron chi connectivity index (χ1n) is 8.21. The zero-order valence-electron chi connectivity index (χ0n) is 14.3. The van der Waals surface area contributed by atoms with Crippen LogP contribution < -0.4 is 11.1 Å². The largest absolute Gasteiger partial charge is 0.405 e. The Labute approximate surface area is 150 Å². The van der Waals surface area contributed by atoms with Crippen molar-refractivity contribution in [3.8, 4) is 0 Å². The number of piperidine rings is 1. The summed E-state index contributed by atoms with van der Waals surface area (Å²) in [4.78, 5) is 11.7. The molecule has 2 unspecified atom stereocenters. The van der Waals surface area contributed by atoms with E-state index in [2.05, 4.69) is 0 Å². The first-order chi connectivity index (χ1) is 12.0. The molecule has 1 saturated heterocycles. The molecule has 26 heavy (non-hydrogen) atoms. The van der Waals surface area contributed by atoms with Crippen molar-refractivity contribution in [2.45, 2.75) is 36.9 Å². The minimum absolute atomic E-state index is 0.0387. The number of rotatable bonds is 5. The van der Waals surface area contributed by atoms with Gasteiger partial charge in [0.1, 0.15) is 6.54 Å². The van der Waals surface area contributed by atoms with Crippen LogP contribution >= 0.6 is 0 Å². The van der Waals surface area contributed by atoms with E-state index in [-0.39, 0.29) is 29.0 Å². The van der Waals surface area contributed by atoms with Gasteiger partial charge in [-0.1, -0.05) is 6.07 Å². The van der Waals surface area contributed by atoms with E-state index < -0.39 is 28.7 Å². The third kappa shape index (κ3) is 5.18. The third-order valence-electron chi connectivity index (χ3n) is 4.35. The SMILES string of the molecule is CC(N)C1CCCN(S(=O)(=O)c2cccc(C(=O)NCC(F)(F)F)c2)C1. The predicted octanol–water partition coefficient (Wildman–Crippen LogP) is 1.73. The lowest BCUT2D eigenvalue weighted by atomic mass is 9.93. The van der Waals surface area contributed by atoms with Gasteiger partial charge < -0.3 is 11.1 Å². The lowest BCUT2D eigenvalue weighted by Crippen LogP contribution is -2.45. The smallest absolute Gasteiger partial charge is 0.343 e. The molecule has 0 bridgehead atoms. The van der Waals surface area contributed by atoms with Gasteiger partial charge in [-0.3, -0.25) is 4.79 Å². The van der Waals surface area contributed by atoms with Gasteiger partial charge in [-0.15, -0.1) is 0 Å². The molecule has 6 nitrogen and oxygen atoms in total. The van der Waals surface area contributed by atoms with Crippen molar-refractivity contribution < 1.29 is 26.4 Å². The van der Waals surface area contributed by atoms with Crippen LogP contribution in [0.1, 0.15) is 30.1 Å². The van der Waals surface area contributed by atoms with Gasteiger partial charge >= 0.3 is 6.18 Å². The minimum atomic E-state index is -4.54. The molecule has 1 aromatic carbocycles. The fraction of sp³-hybridized carbons (Fsp3) is 0.562. The summed E-state index contributed by atoms with van der Waals surface area (Å²) in [5, 5.41) is 1.73. The number of nitrogens with one attached hydrogen (secondary N) is 1. The van der Waals surface area contributed by atoms with Crippen LogP contribution in [0.4, 0.5) is 13.2 Å². The lowest BCUT2D eigenvalue weighted by molar-refractivity contribution is -0.123. The van der Waals surface area contributed by atoms with Crippen molar-refractivity contribution in [2.24, 2.45) is 11.7 Å². The van der Waals surface area contributed by atoms with Crippen LogP contribution in [0, 0.1) is 5.92 Å². The molecule has 0 saturated carbocycles. The number of alkyl halides is 3. The molecule has 0 spiro atoms. The van der Waals surface area contributed by atoms with E-state index in [9.17, 15) is 26.4 Å². The van der Waals surface area contributed by atoms with Crippen LogP contribution in [-0.2, 0) is 10.0 Å². The van der Waals surface area contributed by atoms with Gasteiger partial charge in [0.05, 0.1) is 4.90 Å². The fourth-order valence-corrected chi connectivity index (χ4v) is 4.43. The quantitative estimate of drug-likeness (QED) is 0.797. The summed E-state index contributed by atoms with van der Waals surface area (Å²) in [6.07, 6.45) is -3.03. The molecule has 1 fully saturated rings. The molecule has 1 aliphatic heterocycles. The highest BCUT2D eigenvalue weighted by atomic mass is 32.2. The average Bonchev–Trinajstić information content (AvgIpc) is 2.59. The third-order valence-corrected chi connectivity index (χ3v) is 6.21. The van der Waals surface area contributed by atoms with E-state index >= 15 is 0 Å². The summed E-state index contributed by atoms with van der Waals surface area (Å²) in [5.41, 5.74) is 5.73. The molecule has 2 rings (SSSR count). The molecule has 1 amide bonds. The molecule has 3 N–H and O–H groups in total. The molecule has 0 aromatic heterocycles. The Bertz CT molecular complexity index is 751. The molecule has 0 radical (unpaired) electrons. The summed E-state index contributed by atoms with van der Waals surface area (Å²) in [6, 6.07) is 4.88. The van der Waals surface area contributed by atoms with E-state index in [0.29, 0.717) is 13.0 Å². The maximum Gasteiger partial charge on any atom is 0.405 e. The summed E-state index contributed by atoms with van der Waals surface area (Å²) >= 11 is 0. The van der Waals surface area contributed by atoms with Gasteiger partial charge in [0, 0.05) is 24.7 Å². The van der Waals surface area contributed by atoms with Gasteiger partial charge in [0.15, 0.2) is 0 Å². The standard InChI is InChI=1S/C16H22F3N3O3S/c1-11(20)13-5-3-7-22(9-13)26(24,25)14-6-2-4-12(8-14)15(23)21-10-16(17,18)19/h2,4,6,8,11,13H,3,5,7,9-10,20H2,1H3,(H,21,23). The van der Waals surface area contributed by atoms with Crippen molar-refractivity contribution in [3.05, 3.63) is 29.8 Å². The number of halogens is 3. The van der Waals surface area contributed by atoms with Crippen molar-refractivity contribution in [2.75, 3.05) is 19.6 Å². The van der Waals surface area contributed by atoms with Crippen LogP contribution in [0.2, 0.25) is 0 Å². The second-order valence-corrected chi connectivity index (χ2v) is 8.39. The van der Waals surface area contributed by atoms with E-state index in [1.165, 1.54) is 22.5 Å². The van der Waals surface area contributed by atoms with Crippen LogP contribution in [-0.4, -0.2) is 50.5 Å². The number of amides is 1. The van der Waals surface area contributed by atoms with Gasteiger partial charge in [-0.25, -0.2) is 8.42 Å². The highest BCUT2D eigenvalue weighted by molar-refractivity contribution is 7.89. The maximum atomic E-state index is 12.8. The Morgan fingerprint density at radius 2 is 2.12 bits per heavy atom. The van der Waals surface area contributed by atoms with Crippen LogP contribution in [0.25, 0.3) is 0 Å². The van der Waals surface area contributed by atoms with Crippen LogP contribution in [0.5, 0.6) is 0 Å². The van der Waals surface area contributed by atoms with E-state index in [1.54, 1.807) is 5.32 Å². The Morgan fingerprint density at radius 3 is 2.73 bits per heavy atom. The van der Waals surface area contributed by atoms with Crippen molar-refractivity contribution >= 4 is 15.9 Å². The molecule has 1 heterocycles. The lowest BCUT2D eigenvalue weighted by Gasteiger charge is -2.33. The molecule has 10 heteroatoms. The zero-order valence-corrected chi connectivity index (χ0v) is 15.1. The van der Waals surface area contributed by atoms with Gasteiger partial charge in [-0.2, -0.15) is 17.5 Å². The minimum Gasteiger partial charge on any atom is -0.343 e. The Hall–Kier alpha value is -1.65. The summed E-state index contributed by atoms with van der Waals surface area (Å²) in [6.45, 7) is 0.970. The van der Waals surface area contributed by atoms with Crippen molar-refractivity contribution in [3.63, 3.8) is 0 Å². The first kappa shape index (κ1) is 20.7. The summed E-state index contributed by atoms with van der Waals surface area (Å²) in [5.74, 6) is -0.941. The number of hydrogen-bond acceptors (Lipinski definition) is 4. The second-order valence-electron chi connectivity index (χ2n) is 6.45. The second kappa shape index (κ2) is 7.93. The molecular weight excluding hydrogens is 371 g/mol. The highest BCUT2D eigenvalue weighted by Crippen LogP contribution is 2.25. The van der Waals surface area contributed by atoms with Crippen molar-refractivity contribution in [1.29, 1.82) is 0 Å². The number of nitrogens with two attached hydrogens (primary N) is 1. The maximum absolute atomic E-state index is 12.8. The Morgan fingerprint density at radius 1 is 1.42 bits per heavy atom. The number of benzene rings is 1. The first-order valence-corrected chi connectivity index (χ1v) is 9.65. The Balaban J connectivity index is 2.18. The summed E-state index contributed by atoms with van der Waals surface area (Å²) in [7, 11) is -3.85. The van der Waals surface area contributed by atoms with Gasteiger partial charge in [0.25, 0.3) is 5.91 Å². The fourth-order valence-electron chi connectivity index (χ4n) is 2.85. The topological polar surface area (TPSA) is 92.5 Å². The van der Waals surface area contributed by atoms with Gasteiger partial charge in [-0.05, 0) is 43.9 Å². The number of carbonyl (C=O) groups is 1. The number of hydrogen-bond donors (Lipinski definition) is 2. The van der Waals surface area contributed by atoms with E-state index in [4.69, 9.17) is 5.73 Å². The van der Waals surface area contributed by atoms with E-state index in [0.717, 1.165) is 12.5 Å². The molecule has 0 aliphatic carbocycles. The van der Waals surface area contributed by atoms with E-state index in [1.807, 2.05) is 6.92 Å². The predicted molar refractivity (Wildman–Crippen MR) is 90.0 cm³/mol. The molecule has 1 aliphatic rings. The average molecular weight is 393 g/mol. The molecule has 146 valence electrons. The zero-order chi connectivity index (χ0) is 19.5. The highest BCUT2D eigenvalue weighted by Gasteiger charge is 2.32. The van der Waals surface area contributed by atoms with Crippen molar-refractivity contribution in [1.82, 2.24) is 9.62 Å². The van der Waals surface area contributed by atoms with Crippen LogP contribution in [0.15, 0.2) is 29.2 Å². The summed E-state index contributed by atoms with van der Waals surface area (Å²) < 4.78 is 63.6. The molecular formula is C16H22F3N3O3S. The normalized spacial score (nSPS) is 20.6. The molecule has 2 atom stereocenters. The monoisotopic (exact) mass is 393 g/mol. The van der Waals surface area contributed by atoms with Gasteiger partial charge in [0.2, 0.25) is 10.0 Å².